The van der Waals surface area contributed by atoms with E-state index in [0.717, 1.165) is 5.56 Å². The van der Waals surface area contributed by atoms with Crippen LogP contribution in [0.1, 0.15) is 12.5 Å². The van der Waals surface area contributed by atoms with Gasteiger partial charge in [0.15, 0.2) is 0 Å². The van der Waals surface area contributed by atoms with Gasteiger partial charge in [0, 0.05) is 0 Å². The average molecular weight is 299 g/mol. The van der Waals surface area contributed by atoms with Gasteiger partial charge in [-0.15, -0.1) is 17.9 Å². The molecule has 1 aliphatic heterocycles. The van der Waals surface area contributed by atoms with Crippen LogP contribution in [0.25, 0.3) is 0 Å². The van der Waals surface area contributed by atoms with Crippen LogP contribution in [-0.2, 0) is 16.1 Å². The van der Waals surface area contributed by atoms with Crippen LogP contribution in [-0.4, -0.2) is 23.2 Å². The van der Waals surface area contributed by atoms with Gasteiger partial charge in [0.1, 0.15) is 5.76 Å². The first kappa shape index (κ1) is 16.5. The van der Waals surface area contributed by atoms with E-state index in [2.05, 4.69) is 5.48 Å². The maximum Gasteiger partial charge on any atom is 0.308 e. The van der Waals surface area contributed by atoms with Crippen LogP contribution in [0.2, 0.25) is 0 Å². The zero-order chi connectivity index (χ0) is 13.9. The van der Waals surface area contributed by atoms with Crippen LogP contribution in [0, 0.1) is 5.92 Å². The molecule has 4 N–H and O–H groups in total. The van der Waals surface area contributed by atoms with Gasteiger partial charge in [-0.05, 0) is 25.0 Å². The minimum absolute atomic E-state index is 0. The zero-order valence-corrected chi connectivity index (χ0v) is 12.0. The van der Waals surface area contributed by atoms with E-state index in [4.69, 9.17) is 10.6 Å². The fourth-order valence-corrected chi connectivity index (χ4v) is 2.21. The number of hydrogen-bond acceptors (Lipinski definition) is 4. The quantitative estimate of drug-likeness (QED) is 0.767. The Bertz CT molecular complexity index is 492. The number of hydroxylamine groups is 1. The molecule has 6 heteroatoms. The standard InChI is InChI=1S/C14H18N2O3.ClH/c1-10(13(17)18)14(8-12(9-15)19-16-14)7-11-5-3-2-4-6-11;/h2-6,8,10,16H,7,9,15H2,1H3,(H,17,18);1H. The highest BCUT2D eigenvalue weighted by Crippen LogP contribution is 2.30. The van der Waals surface area contributed by atoms with Crippen molar-refractivity contribution in [3.05, 3.63) is 47.7 Å². The van der Waals surface area contributed by atoms with Crippen LogP contribution in [0.5, 0.6) is 0 Å². The lowest BCUT2D eigenvalue weighted by atomic mass is 9.80. The fourth-order valence-electron chi connectivity index (χ4n) is 2.21. The second kappa shape index (κ2) is 6.74. The molecule has 0 spiro atoms. The number of aliphatic carboxylic acids is 1. The summed E-state index contributed by atoms with van der Waals surface area (Å²) >= 11 is 0. The molecule has 0 amide bonds. The Hall–Kier alpha value is -1.56. The molecule has 2 unspecified atom stereocenters. The predicted octanol–water partition coefficient (Wildman–Crippen LogP) is 1.49. The van der Waals surface area contributed by atoms with Gasteiger partial charge in [0.05, 0.1) is 18.0 Å². The number of carboxylic acids is 1. The molecule has 0 aromatic heterocycles. The molecule has 0 saturated heterocycles. The lowest BCUT2D eigenvalue weighted by molar-refractivity contribution is -0.144. The van der Waals surface area contributed by atoms with E-state index >= 15 is 0 Å². The molecule has 110 valence electrons. The summed E-state index contributed by atoms with van der Waals surface area (Å²) in [5, 5.41) is 9.29. The fraction of sp³-hybridized carbons (Fsp3) is 0.357. The number of benzene rings is 1. The molecular formula is C14H19ClN2O3. The first-order chi connectivity index (χ1) is 9.07. The summed E-state index contributed by atoms with van der Waals surface area (Å²) in [6.45, 7) is 1.91. The van der Waals surface area contributed by atoms with Crippen molar-refractivity contribution < 1.29 is 14.7 Å². The predicted molar refractivity (Wildman–Crippen MR) is 78.3 cm³/mol. The minimum atomic E-state index is -0.874. The molecule has 5 nitrogen and oxygen atoms in total. The van der Waals surface area contributed by atoms with Gasteiger partial charge in [-0.3, -0.25) is 4.79 Å². The summed E-state index contributed by atoms with van der Waals surface area (Å²) < 4.78 is 0. The van der Waals surface area contributed by atoms with Crippen LogP contribution in [0.15, 0.2) is 42.2 Å². The van der Waals surface area contributed by atoms with Gasteiger partial charge in [-0.2, -0.15) is 0 Å². The number of nitrogens with one attached hydrogen (secondary N) is 1. The van der Waals surface area contributed by atoms with Crippen LogP contribution < -0.4 is 11.2 Å². The molecule has 20 heavy (non-hydrogen) atoms. The van der Waals surface area contributed by atoms with E-state index in [-0.39, 0.29) is 19.0 Å². The first-order valence-corrected chi connectivity index (χ1v) is 6.20. The van der Waals surface area contributed by atoms with E-state index in [1.54, 1.807) is 13.0 Å². The monoisotopic (exact) mass is 298 g/mol. The first-order valence-electron chi connectivity index (χ1n) is 6.20. The summed E-state index contributed by atoms with van der Waals surface area (Å²) in [7, 11) is 0. The zero-order valence-electron chi connectivity index (χ0n) is 11.2. The SMILES string of the molecule is CC(C(=O)O)C1(Cc2ccccc2)C=C(CN)ON1.Cl. The number of nitrogens with two attached hydrogens (primary N) is 1. The third-order valence-electron chi connectivity index (χ3n) is 3.47. The normalized spacial score (nSPS) is 22.4. The highest BCUT2D eigenvalue weighted by Gasteiger charge is 2.43. The van der Waals surface area contributed by atoms with Gasteiger partial charge >= 0.3 is 5.97 Å². The van der Waals surface area contributed by atoms with Crippen molar-refractivity contribution >= 4 is 18.4 Å². The third kappa shape index (κ3) is 3.30. The number of carboxylic acid groups (broad SMARTS) is 1. The van der Waals surface area contributed by atoms with Crippen molar-refractivity contribution in [2.24, 2.45) is 11.7 Å². The molecule has 0 radical (unpaired) electrons. The molecule has 1 heterocycles. The lowest BCUT2D eigenvalue weighted by Crippen LogP contribution is -2.50. The van der Waals surface area contributed by atoms with Crippen molar-refractivity contribution in [3.63, 3.8) is 0 Å². The van der Waals surface area contributed by atoms with E-state index in [0.29, 0.717) is 12.2 Å². The summed E-state index contributed by atoms with van der Waals surface area (Å²) in [6.07, 6.45) is 2.32. The van der Waals surface area contributed by atoms with Crippen LogP contribution in [0.4, 0.5) is 0 Å². The number of hydrogen-bond donors (Lipinski definition) is 3. The molecule has 0 bridgehead atoms. The summed E-state index contributed by atoms with van der Waals surface area (Å²) in [5.41, 5.74) is 8.67. The third-order valence-corrected chi connectivity index (χ3v) is 3.47. The van der Waals surface area contributed by atoms with E-state index < -0.39 is 17.4 Å². The summed E-state index contributed by atoms with van der Waals surface area (Å²) in [4.78, 5) is 16.6. The Balaban J connectivity index is 0.00000200. The maximum absolute atomic E-state index is 11.3. The van der Waals surface area contributed by atoms with Gasteiger partial charge in [0.2, 0.25) is 0 Å². The molecule has 0 saturated carbocycles. The maximum atomic E-state index is 11.3. The van der Waals surface area contributed by atoms with Gasteiger partial charge in [0.25, 0.3) is 0 Å². The summed E-state index contributed by atoms with van der Waals surface area (Å²) in [5.74, 6) is -0.928. The van der Waals surface area contributed by atoms with Crippen molar-refractivity contribution in [2.75, 3.05) is 6.54 Å². The number of rotatable bonds is 5. The van der Waals surface area contributed by atoms with Crippen molar-refractivity contribution in [3.8, 4) is 0 Å². The van der Waals surface area contributed by atoms with Gasteiger partial charge < -0.3 is 15.7 Å². The minimum Gasteiger partial charge on any atom is -0.481 e. The van der Waals surface area contributed by atoms with Crippen molar-refractivity contribution in [1.82, 2.24) is 5.48 Å². The highest BCUT2D eigenvalue weighted by molar-refractivity contribution is 5.85. The molecule has 0 aliphatic carbocycles. The van der Waals surface area contributed by atoms with E-state index in [9.17, 15) is 9.90 Å². The molecule has 1 aromatic rings. The Morgan fingerprint density at radius 3 is 2.60 bits per heavy atom. The Morgan fingerprint density at radius 2 is 2.10 bits per heavy atom. The largest absolute Gasteiger partial charge is 0.481 e. The van der Waals surface area contributed by atoms with Gasteiger partial charge in [-0.25, -0.2) is 0 Å². The number of carbonyl (C=O) groups is 1. The molecule has 2 atom stereocenters. The van der Waals surface area contributed by atoms with Gasteiger partial charge in [-0.1, -0.05) is 30.3 Å². The second-order valence-electron chi connectivity index (χ2n) is 4.78. The molecule has 0 fully saturated rings. The van der Waals surface area contributed by atoms with Crippen LogP contribution in [0.3, 0.4) is 0 Å². The van der Waals surface area contributed by atoms with E-state index in [1.165, 1.54) is 0 Å². The average Bonchev–Trinajstić information content (AvgIpc) is 2.83. The Morgan fingerprint density at radius 1 is 1.45 bits per heavy atom. The lowest BCUT2D eigenvalue weighted by Gasteiger charge is -2.30. The molecule has 1 aliphatic rings. The number of halogens is 1. The highest BCUT2D eigenvalue weighted by atomic mass is 35.5. The topological polar surface area (TPSA) is 84.6 Å². The molecular weight excluding hydrogens is 280 g/mol. The van der Waals surface area contributed by atoms with Crippen LogP contribution >= 0.6 is 12.4 Å². The Kier molecular flexibility index (Phi) is 5.56. The Labute approximate surface area is 124 Å². The van der Waals surface area contributed by atoms with E-state index in [1.807, 2.05) is 30.3 Å². The summed E-state index contributed by atoms with van der Waals surface area (Å²) in [6, 6.07) is 9.71. The van der Waals surface area contributed by atoms with Crippen molar-refractivity contribution in [2.45, 2.75) is 18.9 Å². The smallest absolute Gasteiger partial charge is 0.308 e. The molecule has 2 rings (SSSR count). The molecule has 1 aromatic carbocycles. The van der Waals surface area contributed by atoms with Crippen molar-refractivity contribution in [1.29, 1.82) is 0 Å². The second-order valence-corrected chi connectivity index (χ2v) is 4.78.